The van der Waals surface area contributed by atoms with Crippen molar-refractivity contribution in [2.75, 3.05) is 16.8 Å². The minimum atomic E-state index is -1.30. The number of rotatable bonds is 8. The second-order valence-electron chi connectivity index (χ2n) is 9.67. The Morgan fingerprint density at radius 1 is 1.05 bits per heavy atom. The zero-order valence-corrected chi connectivity index (χ0v) is 23.8. The van der Waals surface area contributed by atoms with Gasteiger partial charge in [0.15, 0.2) is 6.17 Å². The number of halogens is 2. The van der Waals surface area contributed by atoms with E-state index in [9.17, 15) is 29.7 Å². The van der Waals surface area contributed by atoms with E-state index in [0.29, 0.717) is 32.0 Å². The Morgan fingerprint density at radius 3 is 2.19 bits per heavy atom. The molecule has 1 unspecified atom stereocenters. The van der Waals surface area contributed by atoms with Crippen molar-refractivity contribution in [1.82, 2.24) is 15.4 Å². The van der Waals surface area contributed by atoms with Gasteiger partial charge in [0.1, 0.15) is 6.54 Å². The van der Waals surface area contributed by atoms with Crippen LogP contribution < -0.4 is 15.6 Å². The third-order valence-corrected chi connectivity index (χ3v) is 6.96. The van der Waals surface area contributed by atoms with Crippen molar-refractivity contribution in [2.45, 2.75) is 25.6 Å². The molecule has 0 spiro atoms. The average Bonchev–Trinajstić information content (AvgIpc) is 3.14. The van der Waals surface area contributed by atoms with E-state index < -0.39 is 41.1 Å². The Hall–Kier alpha value is -4.72. The first-order valence-electron chi connectivity index (χ1n) is 12.4. The number of carbonyl (C=O) groups is 3. The summed E-state index contributed by atoms with van der Waals surface area (Å²) in [7, 11) is 0. The van der Waals surface area contributed by atoms with Gasteiger partial charge in [-0.05, 0) is 80.1 Å². The first-order valence-corrected chi connectivity index (χ1v) is 13.1. The van der Waals surface area contributed by atoms with E-state index in [1.807, 2.05) is 0 Å². The molecule has 0 aromatic heterocycles. The maximum atomic E-state index is 13.7. The largest absolute Gasteiger partial charge is 0.347 e. The molecular formula is C27H25Cl2N7O6. The highest BCUT2D eigenvalue weighted by Gasteiger charge is 2.56. The number of nitrogens with one attached hydrogen (secondary N) is 2. The zero-order chi connectivity index (χ0) is 30.6. The first kappa shape index (κ1) is 30.2. The predicted molar refractivity (Wildman–Crippen MR) is 157 cm³/mol. The molecule has 3 N–H and O–H groups in total. The van der Waals surface area contributed by atoms with Gasteiger partial charge in [0.2, 0.25) is 0 Å². The molecule has 1 atom stereocenters. The number of hydrogen-bond acceptors (Lipinski definition) is 7. The zero-order valence-electron chi connectivity index (χ0n) is 22.3. The van der Waals surface area contributed by atoms with Crippen molar-refractivity contribution < 1.29 is 24.5 Å². The highest BCUT2D eigenvalue weighted by atomic mass is 35.5. The van der Waals surface area contributed by atoms with Crippen LogP contribution in [0.4, 0.5) is 26.7 Å². The maximum Gasteiger partial charge on any atom is 0.347 e. The van der Waals surface area contributed by atoms with E-state index in [4.69, 9.17) is 23.2 Å². The van der Waals surface area contributed by atoms with E-state index in [1.165, 1.54) is 40.3 Å². The summed E-state index contributed by atoms with van der Waals surface area (Å²) in [6.07, 6.45) is 0.00712. The van der Waals surface area contributed by atoms with E-state index >= 15 is 0 Å². The van der Waals surface area contributed by atoms with Gasteiger partial charge in [-0.3, -0.25) is 25.0 Å². The van der Waals surface area contributed by atoms with Crippen LogP contribution in [0.15, 0.2) is 77.9 Å². The molecule has 1 heterocycles. The van der Waals surface area contributed by atoms with Gasteiger partial charge in [-0.25, -0.2) is 15.0 Å². The van der Waals surface area contributed by atoms with E-state index in [2.05, 4.69) is 15.8 Å². The van der Waals surface area contributed by atoms with Gasteiger partial charge < -0.3 is 10.2 Å². The highest BCUT2D eigenvalue weighted by Crippen LogP contribution is 2.38. The van der Waals surface area contributed by atoms with Gasteiger partial charge in [-0.15, -0.1) is 0 Å². The number of amides is 5. The normalized spacial score (nSPS) is 16.0. The first-order chi connectivity index (χ1) is 19.9. The molecule has 0 radical (unpaired) electrons. The number of urea groups is 2. The number of anilines is 2. The molecule has 15 heteroatoms. The average molecular weight is 614 g/mol. The molecule has 1 aliphatic heterocycles. The Labute approximate surface area is 250 Å². The molecule has 0 bridgehead atoms. The third-order valence-electron chi connectivity index (χ3n) is 6.46. The molecule has 3 aromatic rings. The minimum Gasteiger partial charge on any atom is -0.306 e. The molecule has 0 aliphatic carbocycles. The van der Waals surface area contributed by atoms with Crippen LogP contribution in [0.5, 0.6) is 0 Å². The number of non-ortho nitro benzene ring substituents is 1. The van der Waals surface area contributed by atoms with Gasteiger partial charge in [0, 0.05) is 33.6 Å². The molecule has 0 saturated carbocycles. The standard InChI is InChI=1S/C27H25Cl2N7O6/c1-27(2)24(35(40)25(38)31-20-9-5-18(28)6-10-20)34(21-13-7-19(29)8-14-21)26(39)33(27)16-23(37)32-30-15-17-3-11-22(12-4-17)36(41)42/h3-15,24,40H,16H2,1-2H3,(H,31,38)(H,32,37). The molecule has 4 rings (SSSR count). The van der Waals surface area contributed by atoms with Gasteiger partial charge in [0.25, 0.3) is 11.6 Å². The maximum absolute atomic E-state index is 13.7. The molecule has 1 saturated heterocycles. The lowest BCUT2D eigenvalue weighted by Gasteiger charge is -2.38. The Morgan fingerprint density at radius 2 is 1.62 bits per heavy atom. The van der Waals surface area contributed by atoms with E-state index in [1.54, 1.807) is 62.4 Å². The number of hydrogen-bond donors (Lipinski definition) is 3. The molecule has 1 aliphatic rings. The SMILES string of the molecule is CC1(C)C(N(O)C(=O)Nc2ccc(Cl)cc2)N(c2ccc(Cl)cc2)C(=O)N1CC(=O)NN=Cc1ccc([N+](=O)[O-])cc1. The minimum absolute atomic E-state index is 0.0921. The fourth-order valence-electron chi connectivity index (χ4n) is 4.33. The summed E-state index contributed by atoms with van der Waals surface area (Å²) in [5.74, 6) is -0.665. The van der Waals surface area contributed by atoms with Crippen LogP contribution in [0.1, 0.15) is 19.4 Å². The molecule has 1 fully saturated rings. The van der Waals surface area contributed by atoms with Crippen LogP contribution in [0.3, 0.4) is 0 Å². The summed E-state index contributed by atoms with van der Waals surface area (Å²) < 4.78 is 0. The lowest BCUT2D eigenvalue weighted by atomic mass is 9.99. The third kappa shape index (κ3) is 6.60. The second-order valence-corrected chi connectivity index (χ2v) is 10.5. The fourth-order valence-corrected chi connectivity index (χ4v) is 4.59. The highest BCUT2D eigenvalue weighted by molar-refractivity contribution is 6.31. The summed E-state index contributed by atoms with van der Waals surface area (Å²) in [5.41, 5.74) is 2.09. The lowest BCUT2D eigenvalue weighted by molar-refractivity contribution is -0.384. The van der Waals surface area contributed by atoms with Crippen molar-refractivity contribution in [3.05, 3.63) is 98.5 Å². The van der Waals surface area contributed by atoms with Crippen molar-refractivity contribution >= 4 is 64.4 Å². The number of nitrogens with zero attached hydrogens (tertiary/aromatic N) is 5. The van der Waals surface area contributed by atoms with E-state index in [0.717, 1.165) is 0 Å². The smallest absolute Gasteiger partial charge is 0.306 e. The summed E-state index contributed by atoms with van der Waals surface area (Å²) in [6.45, 7) is 2.71. The van der Waals surface area contributed by atoms with Crippen LogP contribution in [-0.4, -0.2) is 62.5 Å². The summed E-state index contributed by atoms with van der Waals surface area (Å²) in [6, 6.07) is 16.3. The van der Waals surface area contributed by atoms with Crippen LogP contribution in [0.25, 0.3) is 0 Å². The quantitative estimate of drug-likeness (QED) is 0.135. The molecule has 218 valence electrons. The van der Waals surface area contributed by atoms with Crippen molar-refractivity contribution in [3.8, 4) is 0 Å². The van der Waals surface area contributed by atoms with Crippen molar-refractivity contribution in [3.63, 3.8) is 0 Å². The number of carbonyl (C=O) groups excluding carboxylic acids is 3. The number of benzene rings is 3. The van der Waals surface area contributed by atoms with Gasteiger partial charge in [0.05, 0.1) is 16.7 Å². The second kappa shape index (κ2) is 12.4. The number of nitro groups is 1. The summed E-state index contributed by atoms with van der Waals surface area (Å²) >= 11 is 11.9. The van der Waals surface area contributed by atoms with Gasteiger partial charge in [-0.2, -0.15) is 10.2 Å². The van der Waals surface area contributed by atoms with Crippen LogP contribution in [0, 0.1) is 10.1 Å². The molecule has 42 heavy (non-hydrogen) atoms. The number of nitro benzene ring substituents is 1. The molecule has 13 nitrogen and oxygen atoms in total. The lowest BCUT2D eigenvalue weighted by Crippen LogP contribution is -2.58. The number of hydrazone groups is 1. The Bertz CT molecular complexity index is 1520. The van der Waals surface area contributed by atoms with Crippen LogP contribution in [0.2, 0.25) is 10.0 Å². The Balaban J connectivity index is 1.55. The monoisotopic (exact) mass is 613 g/mol. The molecule has 3 aromatic carbocycles. The molecule has 5 amide bonds. The van der Waals surface area contributed by atoms with Crippen LogP contribution >= 0.6 is 23.2 Å². The van der Waals surface area contributed by atoms with Crippen molar-refractivity contribution in [2.24, 2.45) is 5.10 Å². The predicted octanol–water partition coefficient (Wildman–Crippen LogP) is 5.32. The Kier molecular flexibility index (Phi) is 8.95. The summed E-state index contributed by atoms with van der Waals surface area (Å²) in [5, 5.41) is 29.6. The molecular weight excluding hydrogens is 589 g/mol. The van der Waals surface area contributed by atoms with Gasteiger partial charge in [-0.1, -0.05) is 23.2 Å². The van der Waals surface area contributed by atoms with Crippen molar-refractivity contribution in [1.29, 1.82) is 0 Å². The van der Waals surface area contributed by atoms with E-state index in [-0.39, 0.29) is 5.69 Å². The van der Waals surface area contributed by atoms with Crippen LogP contribution in [-0.2, 0) is 4.79 Å². The fraction of sp³-hybridized carbons (Fsp3) is 0.185. The summed E-state index contributed by atoms with van der Waals surface area (Å²) in [4.78, 5) is 52.3. The van der Waals surface area contributed by atoms with Gasteiger partial charge >= 0.3 is 12.1 Å². The number of hydroxylamine groups is 2. The topological polar surface area (TPSA) is 161 Å².